The monoisotopic (exact) mass is 268 g/mol. The molecule has 0 saturated carbocycles. The molecule has 0 aromatic carbocycles. The van der Waals surface area contributed by atoms with E-state index < -0.39 is 0 Å². The maximum Gasteiger partial charge on any atom is 0.238 e. The van der Waals surface area contributed by atoms with Gasteiger partial charge in [0.25, 0.3) is 0 Å². The Morgan fingerprint density at radius 3 is 3.21 bits per heavy atom. The number of rotatable bonds is 3. The van der Waals surface area contributed by atoms with Crippen LogP contribution in [0.5, 0.6) is 0 Å². The smallest absolute Gasteiger partial charge is 0.238 e. The summed E-state index contributed by atoms with van der Waals surface area (Å²) in [4.78, 5) is 14.5. The number of ether oxygens (including phenoxy) is 1. The van der Waals surface area contributed by atoms with Crippen molar-refractivity contribution in [3.05, 3.63) is 0 Å². The van der Waals surface area contributed by atoms with Crippen molar-refractivity contribution in [1.82, 2.24) is 20.9 Å². The van der Waals surface area contributed by atoms with Crippen LogP contribution in [0.4, 0.5) is 0 Å². The minimum Gasteiger partial charge on any atom is -0.373 e. The summed E-state index contributed by atoms with van der Waals surface area (Å²) in [5.41, 5.74) is 0. The number of hydrogen-bond acceptors (Lipinski definition) is 5. The van der Waals surface area contributed by atoms with Gasteiger partial charge in [0.05, 0.1) is 18.8 Å². The van der Waals surface area contributed by atoms with Crippen LogP contribution >= 0.6 is 0 Å². The number of fused-ring (bicyclic) bond motifs is 1. The molecule has 6 heteroatoms. The van der Waals surface area contributed by atoms with Gasteiger partial charge in [0.1, 0.15) is 0 Å². The third-order valence-corrected chi connectivity index (χ3v) is 4.32. The van der Waals surface area contributed by atoms with Crippen LogP contribution in [-0.4, -0.2) is 74.9 Å². The molecule has 0 radical (unpaired) electrons. The van der Waals surface area contributed by atoms with E-state index in [0.29, 0.717) is 19.1 Å². The zero-order chi connectivity index (χ0) is 13.1. The molecule has 3 atom stereocenters. The first-order valence-corrected chi connectivity index (χ1v) is 7.40. The Labute approximate surface area is 114 Å². The van der Waals surface area contributed by atoms with E-state index in [0.717, 1.165) is 26.2 Å². The molecule has 3 fully saturated rings. The van der Waals surface area contributed by atoms with Crippen molar-refractivity contribution in [2.45, 2.75) is 31.0 Å². The number of hydrogen-bond donors (Lipinski definition) is 3. The first kappa shape index (κ1) is 13.3. The molecule has 0 aromatic rings. The summed E-state index contributed by atoms with van der Waals surface area (Å²) in [5, 5.41) is 9.45. The Bertz CT molecular complexity index is 320. The molecule has 108 valence electrons. The summed E-state index contributed by atoms with van der Waals surface area (Å²) >= 11 is 0. The first-order chi connectivity index (χ1) is 9.33. The van der Waals surface area contributed by atoms with Gasteiger partial charge in [0.2, 0.25) is 5.91 Å². The fraction of sp³-hybridized carbons (Fsp3) is 0.923. The van der Waals surface area contributed by atoms with Crippen molar-refractivity contribution in [3.63, 3.8) is 0 Å². The van der Waals surface area contributed by atoms with Gasteiger partial charge < -0.3 is 20.7 Å². The van der Waals surface area contributed by atoms with Crippen LogP contribution in [0.1, 0.15) is 12.8 Å². The molecule has 3 N–H and O–H groups in total. The number of carbonyl (C=O) groups is 1. The molecule has 0 bridgehead atoms. The van der Waals surface area contributed by atoms with Crippen LogP contribution in [0.15, 0.2) is 0 Å². The molecule has 0 aliphatic carbocycles. The van der Waals surface area contributed by atoms with E-state index in [1.807, 2.05) is 0 Å². The summed E-state index contributed by atoms with van der Waals surface area (Å²) in [6, 6.07) is 0.521. The lowest BCUT2D eigenvalue weighted by Gasteiger charge is -2.35. The second-order valence-electron chi connectivity index (χ2n) is 5.70. The molecule has 6 nitrogen and oxygen atoms in total. The van der Waals surface area contributed by atoms with E-state index >= 15 is 0 Å². The number of carbonyl (C=O) groups excluding carboxylic acids is 1. The van der Waals surface area contributed by atoms with E-state index in [1.54, 1.807) is 0 Å². The first-order valence-electron chi connectivity index (χ1n) is 7.40. The third kappa shape index (κ3) is 3.25. The zero-order valence-electron chi connectivity index (χ0n) is 11.4. The maximum atomic E-state index is 12.0. The standard InChI is InChI=1S/C13H24N4O2/c18-13(12-7-14-3-4-15-12)16-6-11-8-17-5-1-2-10(17)9-19-11/h10-12,14-15H,1-9H2,(H,16,18). The van der Waals surface area contributed by atoms with Crippen LogP contribution in [-0.2, 0) is 9.53 Å². The van der Waals surface area contributed by atoms with Gasteiger partial charge in [-0.3, -0.25) is 9.69 Å². The molecule has 3 heterocycles. The largest absolute Gasteiger partial charge is 0.373 e. The molecule has 3 rings (SSSR count). The molecule has 19 heavy (non-hydrogen) atoms. The van der Waals surface area contributed by atoms with Crippen LogP contribution in [0.25, 0.3) is 0 Å². The van der Waals surface area contributed by atoms with E-state index in [1.165, 1.54) is 19.4 Å². The topological polar surface area (TPSA) is 65.6 Å². The van der Waals surface area contributed by atoms with Crippen molar-refractivity contribution in [2.24, 2.45) is 0 Å². The Kier molecular flexibility index (Phi) is 4.32. The zero-order valence-corrected chi connectivity index (χ0v) is 11.4. The quantitative estimate of drug-likeness (QED) is 0.583. The number of nitrogens with one attached hydrogen (secondary N) is 3. The molecular formula is C13H24N4O2. The summed E-state index contributed by atoms with van der Waals surface area (Å²) < 4.78 is 5.84. The number of amides is 1. The highest BCUT2D eigenvalue weighted by molar-refractivity contribution is 5.82. The maximum absolute atomic E-state index is 12.0. The lowest BCUT2D eigenvalue weighted by molar-refractivity contribution is -0.124. The summed E-state index contributed by atoms with van der Waals surface area (Å²) in [5.74, 6) is 0.0827. The van der Waals surface area contributed by atoms with E-state index in [4.69, 9.17) is 4.74 Å². The summed E-state index contributed by atoms with van der Waals surface area (Å²) in [7, 11) is 0. The van der Waals surface area contributed by atoms with Crippen molar-refractivity contribution >= 4 is 5.91 Å². The molecular weight excluding hydrogens is 244 g/mol. The Balaban J connectivity index is 1.40. The van der Waals surface area contributed by atoms with Crippen LogP contribution in [0.2, 0.25) is 0 Å². The lowest BCUT2D eigenvalue weighted by Crippen LogP contribution is -2.57. The van der Waals surface area contributed by atoms with Crippen LogP contribution in [0, 0.1) is 0 Å². The fourth-order valence-corrected chi connectivity index (χ4v) is 3.19. The third-order valence-electron chi connectivity index (χ3n) is 4.32. The van der Waals surface area contributed by atoms with Crippen LogP contribution < -0.4 is 16.0 Å². The second-order valence-corrected chi connectivity index (χ2v) is 5.70. The molecule has 3 unspecified atom stereocenters. The van der Waals surface area contributed by atoms with Gasteiger partial charge in [0.15, 0.2) is 0 Å². The molecule has 1 amide bonds. The van der Waals surface area contributed by atoms with Crippen LogP contribution in [0.3, 0.4) is 0 Å². The average Bonchev–Trinajstić information content (AvgIpc) is 2.93. The molecule has 3 aliphatic rings. The Hall–Kier alpha value is -0.690. The highest BCUT2D eigenvalue weighted by Gasteiger charge is 2.32. The van der Waals surface area contributed by atoms with Gasteiger partial charge in [-0.05, 0) is 19.4 Å². The summed E-state index contributed by atoms with van der Waals surface area (Å²) in [6.45, 7) is 6.10. The predicted molar refractivity (Wildman–Crippen MR) is 72.0 cm³/mol. The van der Waals surface area contributed by atoms with Crippen molar-refractivity contribution in [3.8, 4) is 0 Å². The number of piperazine rings is 1. The van der Waals surface area contributed by atoms with Crippen molar-refractivity contribution < 1.29 is 9.53 Å². The van der Waals surface area contributed by atoms with E-state index in [-0.39, 0.29) is 18.1 Å². The van der Waals surface area contributed by atoms with Crippen molar-refractivity contribution in [1.29, 1.82) is 0 Å². The minimum absolute atomic E-state index is 0.0827. The van der Waals surface area contributed by atoms with Gasteiger partial charge in [-0.2, -0.15) is 0 Å². The van der Waals surface area contributed by atoms with Gasteiger partial charge in [-0.1, -0.05) is 0 Å². The molecule has 0 aromatic heterocycles. The van der Waals surface area contributed by atoms with Crippen molar-refractivity contribution in [2.75, 3.05) is 45.9 Å². The normalized spacial score (nSPS) is 35.9. The lowest BCUT2D eigenvalue weighted by atomic mass is 10.2. The van der Waals surface area contributed by atoms with Gasteiger partial charge in [0, 0.05) is 38.8 Å². The molecule has 3 saturated heterocycles. The van der Waals surface area contributed by atoms with Gasteiger partial charge in [-0.25, -0.2) is 0 Å². The highest BCUT2D eigenvalue weighted by atomic mass is 16.5. The molecule has 3 aliphatic heterocycles. The van der Waals surface area contributed by atoms with E-state index in [9.17, 15) is 4.79 Å². The van der Waals surface area contributed by atoms with Gasteiger partial charge in [-0.15, -0.1) is 0 Å². The predicted octanol–water partition coefficient (Wildman–Crippen LogP) is -1.47. The number of nitrogens with zero attached hydrogens (tertiary/aromatic N) is 1. The minimum atomic E-state index is -0.100. The fourth-order valence-electron chi connectivity index (χ4n) is 3.19. The summed E-state index contributed by atoms with van der Waals surface area (Å²) in [6.07, 6.45) is 2.69. The van der Waals surface area contributed by atoms with Gasteiger partial charge >= 0.3 is 0 Å². The highest BCUT2D eigenvalue weighted by Crippen LogP contribution is 2.22. The average molecular weight is 268 g/mol. The molecule has 0 spiro atoms. The van der Waals surface area contributed by atoms with E-state index in [2.05, 4.69) is 20.9 Å². The Morgan fingerprint density at radius 1 is 1.42 bits per heavy atom. The SMILES string of the molecule is O=C(NCC1CN2CCCC2CO1)C1CNCCN1. The second kappa shape index (κ2) is 6.17. The number of morpholine rings is 1. The Morgan fingerprint density at radius 2 is 2.37 bits per heavy atom.